The molecule has 14 heteroatoms. The van der Waals surface area contributed by atoms with Gasteiger partial charge in [0.2, 0.25) is 11.6 Å². The zero-order valence-corrected chi connectivity index (χ0v) is 20.7. The number of carbonyl (C=O) groups excluding carboxylic acids is 1. The van der Waals surface area contributed by atoms with Crippen LogP contribution in [0.15, 0.2) is 41.3 Å². The number of sulfone groups is 1. The molecule has 4 rings (SSSR count). The molecule has 1 aliphatic carbocycles. The minimum absolute atomic E-state index is 0.0663. The number of halogens is 5. The van der Waals surface area contributed by atoms with Crippen molar-refractivity contribution in [3.05, 3.63) is 64.9 Å². The number of carbonyl (C=O) groups is 1. The summed E-state index contributed by atoms with van der Waals surface area (Å²) >= 11 is 0. The van der Waals surface area contributed by atoms with E-state index in [1.165, 1.54) is 18.2 Å². The van der Waals surface area contributed by atoms with Crippen LogP contribution in [-0.4, -0.2) is 36.9 Å². The van der Waals surface area contributed by atoms with Crippen molar-refractivity contribution in [2.75, 3.05) is 11.6 Å². The van der Waals surface area contributed by atoms with Crippen LogP contribution in [0.25, 0.3) is 0 Å². The Hall–Kier alpha value is -3.81. The van der Waals surface area contributed by atoms with E-state index in [-0.39, 0.29) is 22.4 Å². The molecular formula is C24H20F5N3O5S. The van der Waals surface area contributed by atoms with Crippen molar-refractivity contribution in [1.82, 2.24) is 10.2 Å². The van der Waals surface area contributed by atoms with E-state index >= 15 is 0 Å². The molecule has 1 N–H and O–H groups in total. The fourth-order valence-electron chi connectivity index (χ4n) is 3.56. The van der Waals surface area contributed by atoms with E-state index in [9.17, 15) is 35.2 Å². The quantitative estimate of drug-likeness (QED) is 0.385. The molecule has 8 nitrogen and oxygen atoms in total. The highest BCUT2D eigenvalue weighted by Crippen LogP contribution is 2.37. The molecule has 1 heterocycles. The Balaban J connectivity index is 1.72. The second-order valence-corrected chi connectivity index (χ2v) is 10.6. The lowest BCUT2D eigenvalue weighted by atomic mass is 9.96. The van der Waals surface area contributed by atoms with Crippen molar-refractivity contribution in [3.8, 4) is 17.4 Å². The molecule has 0 aliphatic heterocycles. The number of hydrogen-bond acceptors (Lipinski definition) is 7. The van der Waals surface area contributed by atoms with Crippen LogP contribution >= 0.6 is 0 Å². The zero-order chi connectivity index (χ0) is 27.8. The third-order valence-corrected chi connectivity index (χ3v) is 6.87. The van der Waals surface area contributed by atoms with Crippen LogP contribution in [0, 0.1) is 18.6 Å². The second kappa shape index (κ2) is 10.2. The summed E-state index contributed by atoms with van der Waals surface area (Å²) in [6.07, 6.45) is -2.06. The lowest BCUT2D eigenvalue weighted by Gasteiger charge is -2.26. The Morgan fingerprint density at radius 2 is 1.71 bits per heavy atom. The minimum Gasteiger partial charge on any atom is -0.487 e. The molecule has 38 heavy (non-hydrogen) atoms. The first-order chi connectivity index (χ1) is 17.8. The van der Waals surface area contributed by atoms with Gasteiger partial charge in [-0.25, -0.2) is 8.42 Å². The third kappa shape index (κ3) is 5.69. The van der Waals surface area contributed by atoms with Crippen molar-refractivity contribution in [2.24, 2.45) is 0 Å². The highest BCUT2D eigenvalue weighted by Gasteiger charge is 2.38. The summed E-state index contributed by atoms with van der Waals surface area (Å²) in [7, 11) is -3.66. The Morgan fingerprint density at radius 1 is 1.05 bits per heavy atom. The van der Waals surface area contributed by atoms with Crippen LogP contribution in [0.5, 0.6) is 17.4 Å². The maximum absolute atomic E-state index is 14.8. The second-order valence-electron chi connectivity index (χ2n) is 8.57. The van der Waals surface area contributed by atoms with E-state index in [4.69, 9.17) is 9.47 Å². The number of hydrogen-bond donors (Lipinski definition) is 1. The molecule has 1 aliphatic rings. The molecule has 3 aromatic rings. The van der Waals surface area contributed by atoms with Crippen LogP contribution in [0.1, 0.15) is 40.9 Å². The van der Waals surface area contributed by atoms with Crippen LogP contribution in [0.4, 0.5) is 27.6 Å². The Morgan fingerprint density at radius 3 is 2.32 bits per heavy atom. The van der Waals surface area contributed by atoms with E-state index in [0.29, 0.717) is 12.8 Å². The number of aromatic nitrogens is 2. The number of amides is 1. The summed E-state index contributed by atoms with van der Waals surface area (Å²) < 4.78 is 104. The average molecular weight is 557 g/mol. The van der Waals surface area contributed by atoms with E-state index in [2.05, 4.69) is 15.5 Å². The number of nitrogens with zero attached hydrogens (tertiary/aromatic N) is 2. The van der Waals surface area contributed by atoms with Gasteiger partial charge in [-0.05, 0) is 62.1 Å². The maximum atomic E-state index is 14.8. The molecule has 1 aromatic heterocycles. The maximum Gasteiger partial charge on any atom is 0.435 e. The summed E-state index contributed by atoms with van der Waals surface area (Å²) in [5, 5.41) is 8.66. The number of benzene rings is 2. The van der Waals surface area contributed by atoms with E-state index < -0.39 is 62.0 Å². The zero-order valence-electron chi connectivity index (χ0n) is 19.9. The van der Waals surface area contributed by atoms with Gasteiger partial charge < -0.3 is 14.8 Å². The Labute approximate surface area is 213 Å². The number of rotatable bonds is 7. The number of alkyl halides is 3. The molecule has 0 radical (unpaired) electrons. The van der Waals surface area contributed by atoms with Gasteiger partial charge in [-0.15, -0.1) is 10.2 Å². The number of anilines is 1. The smallest absolute Gasteiger partial charge is 0.435 e. The molecule has 202 valence electrons. The average Bonchev–Trinajstić information content (AvgIpc) is 2.79. The van der Waals surface area contributed by atoms with Gasteiger partial charge in [-0.3, -0.25) is 4.79 Å². The van der Waals surface area contributed by atoms with E-state index in [1.54, 1.807) is 0 Å². The van der Waals surface area contributed by atoms with E-state index in [1.807, 2.05) is 0 Å². The summed E-state index contributed by atoms with van der Waals surface area (Å²) in [5.74, 6) is -6.04. The van der Waals surface area contributed by atoms with E-state index in [0.717, 1.165) is 37.8 Å². The van der Waals surface area contributed by atoms with Gasteiger partial charge in [-0.2, -0.15) is 22.0 Å². The molecule has 2 aromatic carbocycles. The van der Waals surface area contributed by atoms with Gasteiger partial charge in [0.1, 0.15) is 5.56 Å². The van der Waals surface area contributed by atoms with Gasteiger partial charge in [0, 0.05) is 11.9 Å². The van der Waals surface area contributed by atoms with Gasteiger partial charge in [0.25, 0.3) is 11.8 Å². The highest BCUT2D eigenvalue weighted by atomic mass is 32.2. The van der Waals surface area contributed by atoms with Crippen molar-refractivity contribution >= 4 is 21.4 Å². The number of nitrogens with one attached hydrogen (secondary N) is 1. The topological polar surface area (TPSA) is 107 Å². The first-order valence-electron chi connectivity index (χ1n) is 11.1. The van der Waals surface area contributed by atoms with Crippen molar-refractivity contribution in [3.63, 3.8) is 0 Å². The first-order valence-corrected chi connectivity index (χ1v) is 13.0. The van der Waals surface area contributed by atoms with Gasteiger partial charge in [0.05, 0.1) is 11.0 Å². The summed E-state index contributed by atoms with van der Waals surface area (Å²) in [4.78, 5) is 12.9. The summed E-state index contributed by atoms with van der Waals surface area (Å²) in [6.45, 7) is 0.929. The molecule has 0 bridgehead atoms. The Kier molecular flexibility index (Phi) is 7.28. The summed E-state index contributed by atoms with van der Waals surface area (Å²) in [5.41, 5.74) is -3.05. The lowest BCUT2D eigenvalue weighted by molar-refractivity contribution is -0.142. The van der Waals surface area contributed by atoms with Gasteiger partial charge in [-0.1, -0.05) is 6.07 Å². The van der Waals surface area contributed by atoms with Gasteiger partial charge >= 0.3 is 6.18 Å². The fourth-order valence-corrected chi connectivity index (χ4v) is 4.23. The largest absolute Gasteiger partial charge is 0.487 e. The van der Waals surface area contributed by atoms with Crippen LogP contribution < -0.4 is 14.8 Å². The highest BCUT2D eigenvalue weighted by molar-refractivity contribution is 7.90. The molecule has 0 spiro atoms. The van der Waals surface area contributed by atoms with Crippen molar-refractivity contribution in [1.29, 1.82) is 0 Å². The first kappa shape index (κ1) is 27.2. The third-order valence-electron chi connectivity index (χ3n) is 5.76. The van der Waals surface area contributed by atoms with Crippen molar-refractivity contribution < 1.29 is 44.6 Å². The summed E-state index contributed by atoms with van der Waals surface area (Å²) in [6, 6.07) is 7.05. The number of ether oxygens (including phenoxy) is 2. The SMILES string of the molecule is Cc1c(C(F)(F)F)nnc(Oc2ccc(OC3CCC3)c(F)c2F)c1C(=O)Nc1cccc(S(C)(=O)=O)c1. The molecular weight excluding hydrogens is 537 g/mol. The molecule has 1 fully saturated rings. The van der Waals surface area contributed by atoms with Crippen LogP contribution in [0.2, 0.25) is 0 Å². The predicted octanol–water partition coefficient (Wildman–Crippen LogP) is 5.46. The van der Waals surface area contributed by atoms with Crippen molar-refractivity contribution in [2.45, 2.75) is 43.4 Å². The Bertz CT molecular complexity index is 1510. The molecule has 0 atom stereocenters. The van der Waals surface area contributed by atoms with Crippen LogP contribution in [0.3, 0.4) is 0 Å². The normalized spacial score (nSPS) is 14.1. The molecule has 0 unspecified atom stereocenters. The monoisotopic (exact) mass is 557 g/mol. The molecule has 0 saturated heterocycles. The molecule has 1 amide bonds. The van der Waals surface area contributed by atoms with Gasteiger partial charge in [0.15, 0.2) is 27.0 Å². The fraction of sp³-hybridized carbons (Fsp3) is 0.292. The molecule has 1 saturated carbocycles. The minimum atomic E-state index is -5.00. The van der Waals surface area contributed by atoms with Crippen LogP contribution in [-0.2, 0) is 16.0 Å². The standard InChI is InChI=1S/C24H20F5N3O5S/c1-12-18(22(33)30-13-5-3-8-15(11-13)38(2,34)35)23(32-31-21(12)24(27,28)29)37-17-10-9-16(19(25)20(17)26)36-14-6-4-7-14/h3,5,8-11,14H,4,6-7H2,1-2H3,(H,30,33). The lowest BCUT2D eigenvalue weighted by Crippen LogP contribution is -2.25. The predicted molar refractivity (Wildman–Crippen MR) is 124 cm³/mol.